The average Bonchev–Trinajstić information content (AvgIpc) is 3.17. The molecule has 7 nitrogen and oxygen atoms in total. The lowest BCUT2D eigenvalue weighted by Gasteiger charge is -2.36. The first-order valence-electron chi connectivity index (χ1n) is 9.48. The summed E-state index contributed by atoms with van der Waals surface area (Å²) in [5.41, 5.74) is 3.17. The molecule has 28 heavy (non-hydrogen) atoms. The normalized spacial score (nSPS) is 17.8. The third-order valence-corrected chi connectivity index (χ3v) is 5.06. The second-order valence-electron chi connectivity index (χ2n) is 7.93. The van der Waals surface area contributed by atoms with Gasteiger partial charge in [0.2, 0.25) is 0 Å². The Morgan fingerprint density at radius 1 is 1.32 bits per heavy atom. The van der Waals surface area contributed by atoms with Crippen LogP contribution in [0.4, 0.5) is 0 Å². The quantitative estimate of drug-likeness (QED) is 0.747. The minimum Gasteiger partial charge on any atom is -0.361 e. The van der Waals surface area contributed by atoms with Crippen molar-refractivity contribution in [3.05, 3.63) is 59.5 Å². The lowest BCUT2D eigenvalue weighted by atomic mass is 9.74. The number of rotatable bonds is 4. The molecule has 0 aromatic carbocycles. The van der Waals surface area contributed by atoms with E-state index in [-0.39, 0.29) is 17.4 Å². The Labute approximate surface area is 163 Å². The number of hydrogen-bond acceptors (Lipinski definition) is 6. The van der Waals surface area contributed by atoms with E-state index in [1.165, 1.54) is 0 Å². The highest BCUT2D eigenvalue weighted by Crippen LogP contribution is 2.40. The average molecular weight is 377 g/mol. The molecule has 4 rings (SSSR count). The van der Waals surface area contributed by atoms with E-state index >= 15 is 0 Å². The monoisotopic (exact) mass is 377 g/mol. The predicted molar refractivity (Wildman–Crippen MR) is 103 cm³/mol. The first kappa shape index (κ1) is 18.3. The molecule has 1 amide bonds. The summed E-state index contributed by atoms with van der Waals surface area (Å²) < 4.78 is 5.16. The van der Waals surface area contributed by atoms with Crippen LogP contribution in [0.25, 0.3) is 11.4 Å². The van der Waals surface area contributed by atoms with Crippen LogP contribution in [-0.4, -0.2) is 26.0 Å². The molecule has 7 heteroatoms. The van der Waals surface area contributed by atoms with Crippen LogP contribution in [0.5, 0.6) is 0 Å². The Hall–Kier alpha value is -3.09. The van der Waals surface area contributed by atoms with E-state index in [4.69, 9.17) is 9.51 Å². The van der Waals surface area contributed by atoms with Gasteiger partial charge in [-0.3, -0.25) is 9.78 Å². The van der Waals surface area contributed by atoms with Gasteiger partial charge in [-0.2, -0.15) is 0 Å². The van der Waals surface area contributed by atoms with Crippen LogP contribution >= 0.6 is 0 Å². The molecule has 3 heterocycles. The summed E-state index contributed by atoms with van der Waals surface area (Å²) >= 11 is 0. The highest BCUT2D eigenvalue weighted by molar-refractivity contribution is 5.92. The van der Waals surface area contributed by atoms with Crippen molar-refractivity contribution >= 4 is 5.91 Å². The van der Waals surface area contributed by atoms with Crippen molar-refractivity contribution in [3.63, 3.8) is 0 Å². The molecule has 1 unspecified atom stereocenters. The van der Waals surface area contributed by atoms with Gasteiger partial charge in [-0.15, -0.1) is 0 Å². The van der Waals surface area contributed by atoms with Crippen molar-refractivity contribution in [1.29, 1.82) is 0 Å². The maximum Gasteiger partial charge on any atom is 0.273 e. The molecule has 0 saturated carbocycles. The minimum atomic E-state index is -0.240. The van der Waals surface area contributed by atoms with E-state index in [1.54, 1.807) is 18.5 Å². The van der Waals surface area contributed by atoms with Crippen LogP contribution in [0.15, 0.2) is 41.3 Å². The van der Waals surface area contributed by atoms with Gasteiger partial charge in [-0.05, 0) is 30.4 Å². The fourth-order valence-corrected chi connectivity index (χ4v) is 3.63. The Kier molecular flexibility index (Phi) is 4.66. The zero-order valence-corrected chi connectivity index (χ0v) is 16.3. The van der Waals surface area contributed by atoms with E-state index in [0.717, 1.165) is 29.7 Å². The molecule has 0 bridgehead atoms. The summed E-state index contributed by atoms with van der Waals surface area (Å²) in [6.07, 6.45) is 7.63. The maximum absolute atomic E-state index is 12.7. The lowest BCUT2D eigenvalue weighted by molar-refractivity contribution is 0.0909. The summed E-state index contributed by atoms with van der Waals surface area (Å²) in [6.45, 7) is 6.34. The van der Waals surface area contributed by atoms with Crippen molar-refractivity contribution in [1.82, 2.24) is 25.4 Å². The van der Waals surface area contributed by atoms with Gasteiger partial charge in [0.15, 0.2) is 11.5 Å². The van der Waals surface area contributed by atoms with Crippen LogP contribution in [0, 0.1) is 5.41 Å². The van der Waals surface area contributed by atoms with Gasteiger partial charge in [0, 0.05) is 42.2 Å². The van der Waals surface area contributed by atoms with Crippen LogP contribution < -0.4 is 5.32 Å². The molecule has 1 N–H and O–H groups in total. The second kappa shape index (κ2) is 7.14. The number of carbonyl (C=O) groups excluding carboxylic acids is 1. The Bertz CT molecular complexity index is 997. The molecule has 1 atom stereocenters. The Morgan fingerprint density at radius 2 is 2.11 bits per heavy atom. The van der Waals surface area contributed by atoms with Gasteiger partial charge in [0.25, 0.3) is 5.91 Å². The van der Waals surface area contributed by atoms with Gasteiger partial charge in [-0.25, -0.2) is 9.97 Å². The van der Waals surface area contributed by atoms with E-state index in [0.29, 0.717) is 23.7 Å². The SMILES string of the molecule is CCc1cc(C(=O)NC2CC(C)(C)Cc3nc(-c4ccncc4)ncc32)no1. The van der Waals surface area contributed by atoms with Gasteiger partial charge in [0.05, 0.1) is 11.7 Å². The van der Waals surface area contributed by atoms with Gasteiger partial charge >= 0.3 is 0 Å². The summed E-state index contributed by atoms with van der Waals surface area (Å²) in [5.74, 6) is 1.13. The van der Waals surface area contributed by atoms with E-state index in [2.05, 4.69) is 34.3 Å². The zero-order chi connectivity index (χ0) is 19.7. The fraction of sp³-hybridized carbons (Fsp3) is 0.381. The van der Waals surface area contributed by atoms with E-state index in [9.17, 15) is 4.79 Å². The number of aromatic nitrogens is 4. The van der Waals surface area contributed by atoms with E-state index in [1.807, 2.05) is 25.3 Å². The number of pyridine rings is 1. The topological polar surface area (TPSA) is 93.8 Å². The van der Waals surface area contributed by atoms with E-state index < -0.39 is 0 Å². The molecule has 0 spiro atoms. The standard InChI is InChI=1S/C21H23N5O2/c1-4-14-9-16(26-28-14)20(27)25-18-11-21(2,3)10-17-15(18)12-23-19(24-17)13-5-7-22-8-6-13/h5-9,12,18H,4,10-11H2,1-3H3,(H,25,27). The third-order valence-electron chi connectivity index (χ3n) is 5.06. The summed E-state index contributed by atoms with van der Waals surface area (Å²) in [4.78, 5) is 26.1. The van der Waals surface area contributed by atoms with Crippen LogP contribution in [-0.2, 0) is 12.8 Å². The first-order chi connectivity index (χ1) is 13.4. The largest absolute Gasteiger partial charge is 0.361 e. The number of carbonyl (C=O) groups is 1. The minimum absolute atomic E-state index is 0.00716. The molecular weight excluding hydrogens is 354 g/mol. The second-order valence-corrected chi connectivity index (χ2v) is 7.93. The highest BCUT2D eigenvalue weighted by Gasteiger charge is 2.35. The molecule has 3 aromatic rings. The zero-order valence-electron chi connectivity index (χ0n) is 16.3. The number of fused-ring (bicyclic) bond motifs is 1. The van der Waals surface area contributed by atoms with Crippen molar-refractivity contribution in [2.75, 3.05) is 0 Å². The fourth-order valence-electron chi connectivity index (χ4n) is 3.63. The summed E-state index contributed by atoms with van der Waals surface area (Å²) in [7, 11) is 0. The molecule has 144 valence electrons. The van der Waals surface area contributed by atoms with Crippen molar-refractivity contribution < 1.29 is 9.32 Å². The highest BCUT2D eigenvalue weighted by atomic mass is 16.5. The number of hydrogen-bond donors (Lipinski definition) is 1. The molecule has 0 radical (unpaired) electrons. The Balaban J connectivity index is 1.63. The molecule has 0 saturated heterocycles. The lowest BCUT2D eigenvalue weighted by Crippen LogP contribution is -2.37. The van der Waals surface area contributed by atoms with Crippen LogP contribution in [0.3, 0.4) is 0 Å². The molecule has 0 fully saturated rings. The number of amides is 1. The Morgan fingerprint density at radius 3 is 2.82 bits per heavy atom. The number of aryl methyl sites for hydroxylation is 1. The molecule has 1 aliphatic rings. The van der Waals surface area contributed by atoms with Gasteiger partial charge < -0.3 is 9.84 Å². The van der Waals surface area contributed by atoms with Gasteiger partial charge in [0.1, 0.15) is 5.76 Å². The van der Waals surface area contributed by atoms with Crippen LogP contribution in [0.1, 0.15) is 60.7 Å². The van der Waals surface area contributed by atoms with Crippen molar-refractivity contribution in [2.24, 2.45) is 5.41 Å². The predicted octanol–water partition coefficient (Wildman–Crippen LogP) is 3.53. The number of nitrogens with zero attached hydrogens (tertiary/aromatic N) is 4. The summed E-state index contributed by atoms with van der Waals surface area (Å²) in [5, 5.41) is 6.97. The van der Waals surface area contributed by atoms with Crippen molar-refractivity contribution in [3.8, 4) is 11.4 Å². The molecule has 3 aromatic heterocycles. The third kappa shape index (κ3) is 3.65. The molecule has 0 aliphatic heterocycles. The number of nitrogens with one attached hydrogen (secondary N) is 1. The van der Waals surface area contributed by atoms with Crippen molar-refractivity contribution in [2.45, 2.75) is 46.1 Å². The molecule has 1 aliphatic carbocycles. The smallest absolute Gasteiger partial charge is 0.273 e. The molecular formula is C21H23N5O2. The maximum atomic E-state index is 12.7. The summed E-state index contributed by atoms with van der Waals surface area (Å²) in [6, 6.07) is 5.31. The first-order valence-corrected chi connectivity index (χ1v) is 9.48. The van der Waals surface area contributed by atoms with Crippen LogP contribution in [0.2, 0.25) is 0 Å². The van der Waals surface area contributed by atoms with Gasteiger partial charge in [-0.1, -0.05) is 25.9 Å².